The average molecular weight is 403 g/mol. The number of benzene rings is 2. The van der Waals surface area contributed by atoms with Gasteiger partial charge >= 0.3 is 0 Å². The molecule has 30 heavy (non-hydrogen) atoms. The Bertz CT molecular complexity index is 1230. The van der Waals surface area contributed by atoms with Crippen molar-refractivity contribution in [2.75, 3.05) is 5.32 Å². The van der Waals surface area contributed by atoms with Crippen LogP contribution in [0.2, 0.25) is 0 Å². The number of hydrogen-bond acceptors (Lipinski definition) is 4. The Morgan fingerprint density at radius 2 is 1.87 bits per heavy atom. The first-order chi connectivity index (χ1) is 14.5. The van der Waals surface area contributed by atoms with Crippen molar-refractivity contribution in [3.05, 3.63) is 77.9 Å². The highest BCUT2D eigenvalue weighted by Gasteiger charge is 2.25. The third-order valence-corrected chi connectivity index (χ3v) is 5.67. The lowest BCUT2D eigenvalue weighted by Crippen LogP contribution is -2.05. The van der Waals surface area contributed by atoms with Crippen molar-refractivity contribution in [3.8, 4) is 11.1 Å². The van der Waals surface area contributed by atoms with Gasteiger partial charge in [-0.15, -0.1) is 0 Å². The lowest BCUT2D eigenvalue weighted by atomic mass is 10.0. The van der Waals surface area contributed by atoms with E-state index in [4.69, 9.17) is 0 Å². The summed E-state index contributed by atoms with van der Waals surface area (Å²) in [4.78, 5) is 4.45. The SMILES string of the molecule is Cn1cc(-c2ccc(F)cc2)c2cc(Nc3ncc(C4CC4)cc3C(O)O)ccc21. The first-order valence-corrected chi connectivity index (χ1v) is 9.97. The molecular formula is C24H22FN3O2. The molecule has 5 rings (SSSR count). The van der Waals surface area contributed by atoms with E-state index in [1.54, 1.807) is 18.3 Å². The van der Waals surface area contributed by atoms with E-state index >= 15 is 0 Å². The van der Waals surface area contributed by atoms with E-state index in [2.05, 4.69) is 10.3 Å². The predicted octanol–water partition coefficient (Wildman–Crippen LogP) is 4.98. The summed E-state index contributed by atoms with van der Waals surface area (Å²) in [5.41, 5.74) is 5.16. The van der Waals surface area contributed by atoms with E-state index in [-0.39, 0.29) is 5.82 Å². The molecule has 2 heterocycles. The maximum atomic E-state index is 13.4. The molecule has 0 aliphatic heterocycles. The van der Waals surface area contributed by atoms with Crippen molar-refractivity contribution in [3.63, 3.8) is 0 Å². The van der Waals surface area contributed by atoms with Crippen LogP contribution in [0.3, 0.4) is 0 Å². The standard InChI is InChI=1S/C24H22FN3O2/c1-28-13-21(15-4-6-17(25)7-5-15)19-11-18(8-9-22(19)28)27-23-20(24(29)30)10-16(12-26-23)14-2-3-14/h4-14,24,29-30H,2-3H2,1H3,(H,26,27). The van der Waals surface area contributed by atoms with E-state index in [0.29, 0.717) is 17.3 Å². The van der Waals surface area contributed by atoms with E-state index in [0.717, 1.165) is 46.1 Å². The molecule has 0 saturated heterocycles. The molecule has 6 heteroatoms. The molecule has 5 nitrogen and oxygen atoms in total. The van der Waals surface area contributed by atoms with Crippen LogP contribution in [0.4, 0.5) is 15.9 Å². The number of pyridine rings is 1. The van der Waals surface area contributed by atoms with Gasteiger partial charge in [0, 0.05) is 41.6 Å². The largest absolute Gasteiger partial charge is 0.364 e. The summed E-state index contributed by atoms with van der Waals surface area (Å²) >= 11 is 0. The monoisotopic (exact) mass is 403 g/mol. The number of nitrogens with one attached hydrogen (secondary N) is 1. The lowest BCUT2D eigenvalue weighted by molar-refractivity contribution is -0.0421. The highest BCUT2D eigenvalue weighted by molar-refractivity contribution is 5.98. The second-order valence-electron chi connectivity index (χ2n) is 7.87. The number of nitrogens with zero attached hydrogens (tertiary/aromatic N) is 2. The normalized spacial score (nSPS) is 13.9. The van der Waals surface area contributed by atoms with Crippen LogP contribution in [0.15, 0.2) is 60.9 Å². The highest BCUT2D eigenvalue weighted by Crippen LogP contribution is 2.41. The summed E-state index contributed by atoms with van der Waals surface area (Å²) in [6, 6.07) is 14.2. The van der Waals surface area contributed by atoms with Gasteiger partial charge < -0.3 is 20.1 Å². The molecule has 3 N–H and O–H groups in total. The number of rotatable bonds is 5. The number of anilines is 2. The molecule has 0 atom stereocenters. The second-order valence-corrected chi connectivity index (χ2v) is 7.87. The molecule has 0 unspecified atom stereocenters. The Balaban J connectivity index is 1.54. The van der Waals surface area contributed by atoms with Crippen LogP contribution < -0.4 is 5.32 Å². The summed E-state index contributed by atoms with van der Waals surface area (Å²) in [5, 5.41) is 23.9. The summed E-state index contributed by atoms with van der Waals surface area (Å²) in [5.74, 6) is 0.633. The molecule has 152 valence electrons. The summed E-state index contributed by atoms with van der Waals surface area (Å²) in [6.07, 6.45) is 4.46. The van der Waals surface area contributed by atoms with E-state index in [1.807, 2.05) is 42.1 Å². The molecule has 1 saturated carbocycles. The Kier molecular flexibility index (Phi) is 4.53. The van der Waals surface area contributed by atoms with Crippen LogP contribution in [0, 0.1) is 5.82 Å². The van der Waals surface area contributed by atoms with Crippen molar-refractivity contribution in [2.45, 2.75) is 25.0 Å². The van der Waals surface area contributed by atoms with Gasteiger partial charge in [-0.2, -0.15) is 0 Å². The zero-order valence-corrected chi connectivity index (χ0v) is 16.5. The lowest BCUT2D eigenvalue weighted by Gasteiger charge is -2.14. The third kappa shape index (κ3) is 3.44. The number of aryl methyl sites for hydroxylation is 1. The molecule has 4 aromatic rings. The fourth-order valence-electron chi connectivity index (χ4n) is 3.91. The molecule has 2 aromatic heterocycles. The number of hydrogen-bond donors (Lipinski definition) is 3. The van der Waals surface area contributed by atoms with Gasteiger partial charge in [-0.25, -0.2) is 9.37 Å². The van der Waals surface area contributed by atoms with Gasteiger partial charge in [0.1, 0.15) is 11.6 Å². The van der Waals surface area contributed by atoms with Crippen LogP contribution >= 0.6 is 0 Å². The average Bonchev–Trinajstić information content (AvgIpc) is 3.53. The number of halogens is 1. The molecule has 1 fully saturated rings. The fraction of sp³-hybridized carbons (Fsp3) is 0.208. The van der Waals surface area contributed by atoms with Gasteiger partial charge in [0.05, 0.1) is 5.56 Å². The van der Waals surface area contributed by atoms with Crippen LogP contribution in [0.1, 0.15) is 36.2 Å². The predicted molar refractivity (Wildman–Crippen MR) is 115 cm³/mol. The van der Waals surface area contributed by atoms with Crippen LogP contribution in [0.25, 0.3) is 22.0 Å². The smallest absolute Gasteiger partial charge is 0.182 e. The zero-order chi connectivity index (χ0) is 20.8. The highest BCUT2D eigenvalue weighted by atomic mass is 19.1. The van der Waals surface area contributed by atoms with Crippen molar-refractivity contribution < 1.29 is 14.6 Å². The van der Waals surface area contributed by atoms with Gasteiger partial charge in [-0.05, 0) is 66.3 Å². The van der Waals surface area contributed by atoms with E-state index in [1.165, 1.54) is 12.1 Å². The van der Waals surface area contributed by atoms with Gasteiger partial charge in [0.15, 0.2) is 6.29 Å². The van der Waals surface area contributed by atoms with Gasteiger partial charge in [-0.3, -0.25) is 0 Å². The van der Waals surface area contributed by atoms with Crippen LogP contribution in [-0.2, 0) is 7.05 Å². The summed E-state index contributed by atoms with van der Waals surface area (Å²) in [6.45, 7) is 0. The molecule has 0 amide bonds. The Morgan fingerprint density at radius 3 is 2.57 bits per heavy atom. The fourth-order valence-corrected chi connectivity index (χ4v) is 3.91. The molecular weight excluding hydrogens is 381 g/mol. The van der Waals surface area contributed by atoms with Gasteiger partial charge in [-0.1, -0.05) is 12.1 Å². The summed E-state index contributed by atoms with van der Waals surface area (Å²) in [7, 11) is 1.97. The minimum atomic E-state index is -1.60. The third-order valence-electron chi connectivity index (χ3n) is 5.67. The van der Waals surface area contributed by atoms with Crippen molar-refractivity contribution in [1.82, 2.24) is 9.55 Å². The second kappa shape index (κ2) is 7.23. The number of aliphatic hydroxyl groups is 2. The maximum absolute atomic E-state index is 13.4. The number of aliphatic hydroxyl groups excluding tert-OH is 1. The molecule has 1 aliphatic carbocycles. The van der Waals surface area contributed by atoms with Crippen LogP contribution in [-0.4, -0.2) is 19.8 Å². The Morgan fingerprint density at radius 1 is 1.10 bits per heavy atom. The first-order valence-electron chi connectivity index (χ1n) is 9.97. The molecule has 2 aromatic carbocycles. The zero-order valence-electron chi connectivity index (χ0n) is 16.5. The minimum absolute atomic E-state index is 0.267. The molecule has 1 aliphatic rings. The van der Waals surface area contributed by atoms with Crippen molar-refractivity contribution >= 4 is 22.4 Å². The maximum Gasteiger partial charge on any atom is 0.182 e. The molecule has 0 radical (unpaired) electrons. The van der Waals surface area contributed by atoms with E-state index in [9.17, 15) is 14.6 Å². The van der Waals surface area contributed by atoms with Crippen molar-refractivity contribution in [1.29, 1.82) is 0 Å². The number of aromatic nitrogens is 2. The topological polar surface area (TPSA) is 70.3 Å². The Labute approximate surface area is 173 Å². The molecule has 0 spiro atoms. The van der Waals surface area contributed by atoms with Crippen molar-refractivity contribution in [2.24, 2.45) is 7.05 Å². The van der Waals surface area contributed by atoms with Gasteiger partial charge in [0.2, 0.25) is 0 Å². The quantitative estimate of drug-likeness (QED) is 0.411. The van der Waals surface area contributed by atoms with E-state index < -0.39 is 6.29 Å². The van der Waals surface area contributed by atoms with Crippen LogP contribution in [0.5, 0.6) is 0 Å². The van der Waals surface area contributed by atoms with Gasteiger partial charge in [0.25, 0.3) is 0 Å². The first kappa shape index (κ1) is 18.8. The Hall–Kier alpha value is -3.22. The minimum Gasteiger partial charge on any atom is -0.364 e. The summed E-state index contributed by atoms with van der Waals surface area (Å²) < 4.78 is 15.4. The number of fused-ring (bicyclic) bond motifs is 1. The molecule has 0 bridgehead atoms.